The Morgan fingerprint density at radius 2 is 1.78 bits per heavy atom. The average molecular weight is 417 g/mol. The van der Waals surface area contributed by atoms with Gasteiger partial charge in [0.25, 0.3) is 0 Å². The van der Waals surface area contributed by atoms with Gasteiger partial charge >= 0.3 is 0 Å². The van der Waals surface area contributed by atoms with Crippen molar-refractivity contribution in [2.24, 2.45) is 4.99 Å². The molecule has 92 valence electrons. The third-order valence-electron chi connectivity index (χ3n) is 2.32. The Morgan fingerprint density at radius 1 is 1.11 bits per heavy atom. The van der Waals surface area contributed by atoms with Crippen LogP contribution in [0.5, 0.6) is 5.75 Å². The molecule has 0 unspecified atom stereocenters. The number of rotatable bonds is 2. The molecule has 0 atom stereocenters. The van der Waals surface area contributed by atoms with Crippen LogP contribution in [0.3, 0.4) is 0 Å². The first-order chi connectivity index (χ1) is 8.15. The summed E-state index contributed by atoms with van der Waals surface area (Å²) in [6.45, 7) is 0. The van der Waals surface area contributed by atoms with E-state index in [1.807, 2.05) is 12.1 Å². The van der Waals surface area contributed by atoms with E-state index in [1.165, 1.54) is 6.07 Å². The smallest absolute Gasteiger partial charge is 0.116 e. The topological polar surface area (TPSA) is 58.6 Å². The summed E-state index contributed by atoms with van der Waals surface area (Å²) in [7, 11) is 5.57. The van der Waals surface area contributed by atoms with Crippen LogP contribution in [-0.2, 0) is 21.1 Å². The quantitative estimate of drug-likeness (QED) is 0.337. The molecule has 2 aromatic rings. The summed E-state index contributed by atoms with van der Waals surface area (Å²) in [4.78, 5) is 4.25. The van der Waals surface area contributed by atoms with Gasteiger partial charge in [0.2, 0.25) is 0 Å². The molecule has 0 aromatic heterocycles. The van der Waals surface area contributed by atoms with Gasteiger partial charge in [0.05, 0.1) is 5.69 Å². The molecule has 0 bridgehead atoms. The van der Waals surface area contributed by atoms with Crippen molar-refractivity contribution in [3.05, 3.63) is 48.0 Å². The summed E-state index contributed by atoms with van der Waals surface area (Å²) in [5.74, 6) is 0.165. The summed E-state index contributed by atoms with van der Waals surface area (Å²) in [5.41, 5.74) is 8.48. The molecule has 0 heterocycles. The number of hydrogen-bond donors (Lipinski definition) is 2. The molecule has 2 aromatic carbocycles. The SMILES string of the molecule is [B]c1ccc(N=Cc2cc(O)ccc2N)cc1.[Pt]. The van der Waals surface area contributed by atoms with E-state index in [2.05, 4.69) is 4.99 Å². The van der Waals surface area contributed by atoms with Crippen LogP contribution in [0.15, 0.2) is 47.5 Å². The number of hydrogen-bond acceptors (Lipinski definition) is 3. The molecule has 2 rings (SSSR count). The summed E-state index contributed by atoms with van der Waals surface area (Å²) in [6, 6.07) is 11.9. The minimum absolute atomic E-state index is 0. The number of aliphatic imine (C=N–C) groups is 1. The van der Waals surface area contributed by atoms with Crippen LogP contribution >= 0.6 is 0 Å². The fourth-order valence-corrected chi connectivity index (χ4v) is 1.38. The first-order valence-corrected chi connectivity index (χ1v) is 5.13. The van der Waals surface area contributed by atoms with Crippen LogP contribution in [0, 0.1) is 0 Å². The summed E-state index contributed by atoms with van der Waals surface area (Å²) in [5, 5.41) is 9.34. The molecular formula is C13H11BN2OPt. The zero-order valence-corrected chi connectivity index (χ0v) is 11.8. The maximum Gasteiger partial charge on any atom is 0.116 e. The number of nitrogen functional groups attached to an aromatic ring is 1. The molecule has 2 radical (unpaired) electrons. The molecule has 0 aliphatic rings. The molecule has 0 fully saturated rings. The number of benzene rings is 2. The van der Waals surface area contributed by atoms with Crippen LogP contribution in [0.2, 0.25) is 0 Å². The molecule has 0 saturated carbocycles. The van der Waals surface area contributed by atoms with Crippen molar-refractivity contribution in [3.8, 4) is 5.75 Å². The first-order valence-electron chi connectivity index (χ1n) is 5.13. The first kappa shape index (κ1) is 14.5. The van der Waals surface area contributed by atoms with Gasteiger partial charge in [-0.2, -0.15) is 0 Å². The number of aromatic hydroxyl groups is 1. The molecule has 18 heavy (non-hydrogen) atoms. The molecule has 0 saturated heterocycles. The summed E-state index contributed by atoms with van der Waals surface area (Å²) >= 11 is 0. The van der Waals surface area contributed by atoms with E-state index in [-0.39, 0.29) is 26.8 Å². The molecule has 0 aliphatic carbocycles. The standard InChI is InChI=1S/C13H11BN2O.Pt/c14-10-1-3-11(4-2-10)16-8-9-7-12(17)5-6-13(9)15;/h1-8,17H,15H2;. The van der Waals surface area contributed by atoms with Crippen LogP contribution in [-0.4, -0.2) is 19.2 Å². The Kier molecular flexibility index (Phi) is 5.17. The van der Waals surface area contributed by atoms with E-state index in [1.54, 1.807) is 30.5 Å². The zero-order valence-electron chi connectivity index (χ0n) is 9.48. The van der Waals surface area contributed by atoms with Gasteiger partial charge < -0.3 is 10.8 Å². The van der Waals surface area contributed by atoms with Crippen molar-refractivity contribution in [1.29, 1.82) is 0 Å². The van der Waals surface area contributed by atoms with E-state index in [0.717, 1.165) is 5.69 Å². The third-order valence-corrected chi connectivity index (χ3v) is 2.32. The molecule has 3 N–H and O–H groups in total. The van der Waals surface area contributed by atoms with Crippen LogP contribution < -0.4 is 11.2 Å². The minimum atomic E-state index is 0. The summed E-state index contributed by atoms with van der Waals surface area (Å²) in [6.07, 6.45) is 1.61. The number of nitrogens with two attached hydrogens (primary N) is 1. The van der Waals surface area contributed by atoms with E-state index in [0.29, 0.717) is 16.7 Å². The monoisotopic (exact) mass is 417 g/mol. The Labute approximate surface area is 121 Å². The van der Waals surface area contributed by atoms with Gasteiger partial charge in [0, 0.05) is 38.5 Å². The van der Waals surface area contributed by atoms with Crippen LogP contribution in [0.1, 0.15) is 5.56 Å². The van der Waals surface area contributed by atoms with Crippen molar-refractivity contribution in [2.75, 3.05) is 5.73 Å². The van der Waals surface area contributed by atoms with Crippen molar-refractivity contribution in [3.63, 3.8) is 0 Å². The van der Waals surface area contributed by atoms with E-state index >= 15 is 0 Å². The predicted octanol–water partition coefficient (Wildman–Crippen LogP) is 1.52. The Hall–Kier alpha value is -1.54. The second kappa shape index (κ2) is 6.41. The van der Waals surface area contributed by atoms with Gasteiger partial charge in [-0.15, -0.1) is 0 Å². The molecule has 5 heteroatoms. The van der Waals surface area contributed by atoms with Crippen LogP contribution in [0.4, 0.5) is 11.4 Å². The molecule has 0 spiro atoms. The number of nitrogens with zero attached hydrogens (tertiary/aromatic N) is 1. The maximum absolute atomic E-state index is 9.34. The fraction of sp³-hybridized carbons (Fsp3) is 0. The van der Waals surface area contributed by atoms with Gasteiger partial charge in [0.15, 0.2) is 0 Å². The maximum atomic E-state index is 9.34. The van der Waals surface area contributed by atoms with Crippen molar-refractivity contribution in [2.45, 2.75) is 0 Å². The average Bonchev–Trinajstić information content (AvgIpc) is 2.32. The van der Waals surface area contributed by atoms with Crippen molar-refractivity contribution in [1.82, 2.24) is 0 Å². The van der Waals surface area contributed by atoms with Crippen LogP contribution in [0.25, 0.3) is 0 Å². The molecule has 0 amide bonds. The van der Waals surface area contributed by atoms with Gasteiger partial charge in [0.1, 0.15) is 13.6 Å². The van der Waals surface area contributed by atoms with Gasteiger partial charge in [-0.3, -0.25) is 4.99 Å². The largest absolute Gasteiger partial charge is 0.508 e. The minimum Gasteiger partial charge on any atom is -0.508 e. The normalized spacial score (nSPS) is 10.2. The van der Waals surface area contributed by atoms with Gasteiger partial charge in [-0.1, -0.05) is 17.6 Å². The Morgan fingerprint density at radius 3 is 2.44 bits per heavy atom. The molecular weight excluding hydrogens is 406 g/mol. The van der Waals surface area contributed by atoms with E-state index in [9.17, 15) is 5.11 Å². The Balaban J connectivity index is 0.00000162. The molecule has 0 aliphatic heterocycles. The second-order valence-electron chi connectivity index (χ2n) is 3.66. The Bertz CT molecular complexity index is 555. The summed E-state index contributed by atoms with van der Waals surface area (Å²) < 4.78 is 0. The van der Waals surface area contributed by atoms with E-state index < -0.39 is 0 Å². The van der Waals surface area contributed by atoms with Gasteiger partial charge in [-0.25, -0.2) is 0 Å². The van der Waals surface area contributed by atoms with E-state index in [4.69, 9.17) is 13.6 Å². The number of anilines is 1. The molecule has 3 nitrogen and oxygen atoms in total. The third kappa shape index (κ3) is 3.74. The zero-order chi connectivity index (χ0) is 12.3. The van der Waals surface area contributed by atoms with Crippen molar-refractivity contribution >= 4 is 30.9 Å². The second-order valence-corrected chi connectivity index (χ2v) is 3.66. The van der Waals surface area contributed by atoms with Gasteiger partial charge in [-0.05, 0) is 30.3 Å². The fourth-order valence-electron chi connectivity index (χ4n) is 1.38. The number of phenolic OH excluding ortho intramolecular Hbond substituents is 1. The van der Waals surface area contributed by atoms with Crippen molar-refractivity contribution < 1.29 is 26.2 Å². The number of phenols is 1. The predicted molar refractivity (Wildman–Crippen MR) is 71.6 cm³/mol.